The Bertz CT molecular complexity index is 1020. The molecule has 0 unspecified atom stereocenters. The SMILES string of the molecule is Cl.O=C(c1cccc(CN2CCOCC2)c1)N1c2ccccc2CCc2ccccc21. The van der Waals surface area contributed by atoms with Crippen molar-refractivity contribution in [3.05, 3.63) is 95.1 Å². The van der Waals surface area contributed by atoms with E-state index in [0.717, 1.165) is 62.6 Å². The smallest absolute Gasteiger partial charge is 0.262 e. The first-order valence-electron chi connectivity index (χ1n) is 10.7. The Morgan fingerprint density at radius 2 is 1.42 bits per heavy atom. The quantitative estimate of drug-likeness (QED) is 0.580. The van der Waals surface area contributed by atoms with Crippen LogP contribution in [-0.2, 0) is 24.1 Å². The second-order valence-electron chi connectivity index (χ2n) is 7.99. The van der Waals surface area contributed by atoms with Crippen LogP contribution in [0.4, 0.5) is 11.4 Å². The number of anilines is 2. The highest BCUT2D eigenvalue weighted by Crippen LogP contribution is 2.37. The number of ether oxygens (including phenoxy) is 1. The summed E-state index contributed by atoms with van der Waals surface area (Å²) < 4.78 is 5.45. The molecule has 0 radical (unpaired) electrons. The van der Waals surface area contributed by atoms with Crippen molar-refractivity contribution in [2.45, 2.75) is 19.4 Å². The second-order valence-corrected chi connectivity index (χ2v) is 7.99. The van der Waals surface area contributed by atoms with E-state index in [0.29, 0.717) is 0 Å². The van der Waals surface area contributed by atoms with Crippen LogP contribution in [0.15, 0.2) is 72.8 Å². The van der Waals surface area contributed by atoms with Crippen molar-refractivity contribution in [1.29, 1.82) is 0 Å². The Kier molecular flexibility index (Phi) is 6.71. The van der Waals surface area contributed by atoms with Crippen LogP contribution >= 0.6 is 12.4 Å². The third kappa shape index (κ3) is 4.52. The van der Waals surface area contributed by atoms with Crippen LogP contribution < -0.4 is 4.90 Å². The van der Waals surface area contributed by atoms with Crippen LogP contribution in [0.3, 0.4) is 0 Å². The van der Waals surface area contributed by atoms with Gasteiger partial charge in [-0.2, -0.15) is 0 Å². The van der Waals surface area contributed by atoms with Gasteiger partial charge in [-0.05, 0) is 53.8 Å². The van der Waals surface area contributed by atoms with Crippen LogP contribution in [-0.4, -0.2) is 37.1 Å². The van der Waals surface area contributed by atoms with Crippen molar-refractivity contribution in [1.82, 2.24) is 4.90 Å². The van der Waals surface area contributed by atoms with E-state index in [2.05, 4.69) is 47.4 Å². The van der Waals surface area contributed by atoms with Gasteiger partial charge in [-0.15, -0.1) is 12.4 Å². The number of halogens is 1. The molecule has 3 aromatic carbocycles. The zero-order chi connectivity index (χ0) is 20.3. The molecule has 4 nitrogen and oxygen atoms in total. The number of rotatable bonds is 3. The number of para-hydroxylation sites is 2. The van der Waals surface area contributed by atoms with Crippen LogP contribution in [0.25, 0.3) is 0 Å². The Balaban J connectivity index is 0.00000231. The largest absolute Gasteiger partial charge is 0.379 e. The number of nitrogens with zero attached hydrogens (tertiary/aromatic N) is 2. The molecule has 0 spiro atoms. The molecule has 2 aliphatic heterocycles. The molecule has 2 heterocycles. The van der Waals surface area contributed by atoms with Gasteiger partial charge in [0, 0.05) is 25.2 Å². The maximum absolute atomic E-state index is 13.8. The van der Waals surface area contributed by atoms with E-state index in [1.165, 1.54) is 16.7 Å². The number of carbonyl (C=O) groups excluding carboxylic acids is 1. The zero-order valence-electron chi connectivity index (χ0n) is 17.5. The Labute approximate surface area is 189 Å². The highest BCUT2D eigenvalue weighted by molar-refractivity contribution is 6.12. The van der Waals surface area contributed by atoms with Crippen molar-refractivity contribution in [3.63, 3.8) is 0 Å². The first-order chi connectivity index (χ1) is 14.8. The number of aryl methyl sites for hydroxylation is 2. The highest BCUT2D eigenvalue weighted by atomic mass is 35.5. The molecule has 5 heteroatoms. The average molecular weight is 435 g/mol. The molecule has 5 rings (SSSR count). The van der Waals surface area contributed by atoms with Crippen molar-refractivity contribution in [2.75, 3.05) is 31.2 Å². The molecule has 2 aliphatic rings. The van der Waals surface area contributed by atoms with Crippen LogP contribution in [0, 0.1) is 0 Å². The second kappa shape index (κ2) is 9.65. The molecule has 0 aromatic heterocycles. The number of fused-ring (bicyclic) bond motifs is 2. The van der Waals surface area contributed by atoms with Crippen LogP contribution in [0.1, 0.15) is 27.0 Å². The third-order valence-corrected chi connectivity index (χ3v) is 6.02. The average Bonchev–Trinajstić information content (AvgIpc) is 2.96. The fraction of sp³-hybridized carbons (Fsp3) is 0.269. The predicted octanol–water partition coefficient (Wildman–Crippen LogP) is 5.02. The fourth-order valence-corrected chi connectivity index (χ4v) is 4.45. The molecule has 31 heavy (non-hydrogen) atoms. The summed E-state index contributed by atoms with van der Waals surface area (Å²) in [5.74, 6) is 0.0284. The summed E-state index contributed by atoms with van der Waals surface area (Å²) in [6.07, 6.45) is 1.88. The monoisotopic (exact) mass is 434 g/mol. The first-order valence-corrected chi connectivity index (χ1v) is 10.7. The van der Waals surface area contributed by atoms with E-state index in [1.807, 2.05) is 35.2 Å². The fourth-order valence-electron chi connectivity index (χ4n) is 4.45. The van der Waals surface area contributed by atoms with Crippen molar-refractivity contribution >= 4 is 29.7 Å². The Hall–Kier alpha value is -2.66. The molecular weight excluding hydrogens is 408 g/mol. The molecule has 1 fully saturated rings. The van der Waals surface area contributed by atoms with E-state index in [-0.39, 0.29) is 18.3 Å². The molecule has 0 saturated carbocycles. The molecule has 0 aliphatic carbocycles. The van der Waals surface area contributed by atoms with E-state index in [1.54, 1.807) is 0 Å². The van der Waals surface area contributed by atoms with Gasteiger partial charge in [-0.1, -0.05) is 48.5 Å². The minimum Gasteiger partial charge on any atom is -0.379 e. The van der Waals surface area contributed by atoms with E-state index in [9.17, 15) is 4.79 Å². The first kappa shape index (κ1) is 21.6. The molecule has 1 saturated heterocycles. The number of carbonyl (C=O) groups is 1. The molecule has 0 atom stereocenters. The van der Waals surface area contributed by atoms with Gasteiger partial charge >= 0.3 is 0 Å². The molecule has 0 N–H and O–H groups in total. The lowest BCUT2D eigenvalue weighted by Gasteiger charge is -2.27. The maximum Gasteiger partial charge on any atom is 0.262 e. The van der Waals surface area contributed by atoms with E-state index < -0.39 is 0 Å². The van der Waals surface area contributed by atoms with Crippen LogP contribution in [0.5, 0.6) is 0 Å². The van der Waals surface area contributed by atoms with Crippen molar-refractivity contribution < 1.29 is 9.53 Å². The topological polar surface area (TPSA) is 32.8 Å². The summed E-state index contributed by atoms with van der Waals surface area (Å²) >= 11 is 0. The summed E-state index contributed by atoms with van der Waals surface area (Å²) in [7, 11) is 0. The number of hydrogen-bond acceptors (Lipinski definition) is 3. The van der Waals surface area contributed by atoms with Gasteiger partial charge in [0.15, 0.2) is 0 Å². The Morgan fingerprint density at radius 1 is 0.806 bits per heavy atom. The van der Waals surface area contributed by atoms with E-state index >= 15 is 0 Å². The molecular formula is C26H27ClN2O2. The van der Waals surface area contributed by atoms with Crippen LogP contribution in [0.2, 0.25) is 0 Å². The van der Waals surface area contributed by atoms with Gasteiger partial charge < -0.3 is 4.74 Å². The number of morpholine rings is 1. The molecule has 0 bridgehead atoms. The standard InChI is InChI=1S/C26H26N2O2.ClH/c29-26(23-9-5-6-20(18-23)19-27-14-16-30-17-15-27)28-24-10-3-1-7-21(24)12-13-22-8-2-4-11-25(22)28;/h1-11,18H,12-17,19H2;1H. The minimum absolute atomic E-state index is 0. The van der Waals surface area contributed by atoms with Gasteiger partial charge in [0.25, 0.3) is 5.91 Å². The minimum atomic E-state index is 0. The summed E-state index contributed by atoms with van der Waals surface area (Å²) in [5, 5.41) is 0. The van der Waals surface area contributed by atoms with Gasteiger partial charge in [0.2, 0.25) is 0 Å². The van der Waals surface area contributed by atoms with Gasteiger partial charge in [0.1, 0.15) is 0 Å². The van der Waals surface area contributed by atoms with E-state index in [4.69, 9.17) is 4.74 Å². The molecule has 1 amide bonds. The number of benzene rings is 3. The normalized spacial score (nSPS) is 15.9. The number of amides is 1. The third-order valence-electron chi connectivity index (χ3n) is 6.02. The van der Waals surface area contributed by atoms with Crippen molar-refractivity contribution in [3.8, 4) is 0 Å². The lowest BCUT2D eigenvalue weighted by atomic mass is 10.0. The lowest BCUT2D eigenvalue weighted by molar-refractivity contribution is 0.0342. The zero-order valence-corrected chi connectivity index (χ0v) is 18.3. The summed E-state index contributed by atoms with van der Waals surface area (Å²) in [6.45, 7) is 4.27. The lowest BCUT2D eigenvalue weighted by Crippen LogP contribution is -2.35. The predicted molar refractivity (Wildman–Crippen MR) is 127 cm³/mol. The summed E-state index contributed by atoms with van der Waals surface area (Å²) in [4.78, 5) is 18.1. The summed E-state index contributed by atoms with van der Waals surface area (Å²) in [6, 6.07) is 24.6. The van der Waals surface area contributed by atoms with Crippen molar-refractivity contribution in [2.24, 2.45) is 0 Å². The van der Waals surface area contributed by atoms with Gasteiger partial charge in [-0.3, -0.25) is 14.6 Å². The molecule has 3 aromatic rings. The van der Waals surface area contributed by atoms with Gasteiger partial charge in [-0.25, -0.2) is 0 Å². The highest BCUT2D eigenvalue weighted by Gasteiger charge is 2.26. The molecule has 160 valence electrons. The summed E-state index contributed by atoms with van der Waals surface area (Å²) in [5.41, 5.74) is 6.31. The Morgan fingerprint density at radius 3 is 2.06 bits per heavy atom. The number of hydrogen-bond donors (Lipinski definition) is 0. The van der Waals surface area contributed by atoms with Gasteiger partial charge in [0.05, 0.1) is 24.6 Å². The maximum atomic E-state index is 13.8.